The lowest BCUT2D eigenvalue weighted by Gasteiger charge is -2.23. The van der Waals surface area contributed by atoms with Crippen LogP contribution in [0.2, 0.25) is 0 Å². The SMILES string of the molecule is Cc1ccc(OCC(=O)Oc2ccc(Br)cc2)c(C(C)(C)C)c1. The predicted molar refractivity (Wildman–Crippen MR) is 95.2 cm³/mol. The summed E-state index contributed by atoms with van der Waals surface area (Å²) in [7, 11) is 0. The first-order chi connectivity index (χ1) is 10.8. The highest BCUT2D eigenvalue weighted by Crippen LogP contribution is 2.32. The number of ether oxygens (including phenoxy) is 2. The van der Waals surface area contributed by atoms with Crippen molar-refractivity contribution in [2.45, 2.75) is 33.1 Å². The van der Waals surface area contributed by atoms with Crippen LogP contribution in [-0.2, 0) is 10.2 Å². The molecule has 4 heteroatoms. The highest BCUT2D eigenvalue weighted by molar-refractivity contribution is 9.10. The molecule has 0 unspecified atom stereocenters. The van der Waals surface area contributed by atoms with Crippen molar-refractivity contribution in [2.24, 2.45) is 0 Å². The summed E-state index contributed by atoms with van der Waals surface area (Å²) < 4.78 is 11.9. The van der Waals surface area contributed by atoms with Gasteiger partial charge in [-0.05, 0) is 48.2 Å². The van der Waals surface area contributed by atoms with Crippen LogP contribution >= 0.6 is 15.9 Å². The van der Waals surface area contributed by atoms with E-state index in [4.69, 9.17) is 9.47 Å². The van der Waals surface area contributed by atoms with Crippen LogP contribution < -0.4 is 9.47 Å². The van der Waals surface area contributed by atoms with Gasteiger partial charge in [0.2, 0.25) is 0 Å². The molecule has 0 aliphatic carbocycles. The third-order valence-electron chi connectivity index (χ3n) is 3.33. The van der Waals surface area contributed by atoms with Gasteiger partial charge in [0.1, 0.15) is 11.5 Å². The molecule has 23 heavy (non-hydrogen) atoms. The van der Waals surface area contributed by atoms with E-state index in [2.05, 4.69) is 42.8 Å². The van der Waals surface area contributed by atoms with Crippen LogP contribution in [0.4, 0.5) is 0 Å². The van der Waals surface area contributed by atoms with Crippen molar-refractivity contribution in [2.75, 3.05) is 6.61 Å². The average Bonchev–Trinajstić information content (AvgIpc) is 2.47. The Kier molecular flexibility index (Phi) is 5.47. The molecule has 2 aromatic carbocycles. The minimum Gasteiger partial charge on any atom is -0.482 e. The Hall–Kier alpha value is -1.81. The maximum absolute atomic E-state index is 11.9. The summed E-state index contributed by atoms with van der Waals surface area (Å²) in [4.78, 5) is 11.9. The van der Waals surface area contributed by atoms with Gasteiger partial charge in [-0.25, -0.2) is 4.79 Å². The van der Waals surface area contributed by atoms with Crippen molar-refractivity contribution in [1.29, 1.82) is 0 Å². The van der Waals surface area contributed by atoms with E-state index in [0.29, 0.717) is 5.75 Å². The fourth-order valence-electron chi connectivity index (χ4n) is 2.16. The Balaban J connectivity index is 2.03. The Morgan fingerprint density at radius 1 is 1.09 bits per heavy atom. The monoisotopic (exact) mass is 376 g/mol. The van der Waals surface area contributed by atoms with E-state index in [1.54, 1.807) is 12.1 Å². The Morgan fingerprint density at radius 3 is 2.35 bits per heavy atom. The van der Waals surface area contributed by atoms with E-state index in [0.717, 1.165) is 15.8 Å². The number of hydrogen-bond acceptors (Lipinski definition) is 3. The predicted octanol–water partition coefficient (Wildman–Crippen LogP) is 5.04. The number of hydrogen-bond donors (Lipinski definition) is 0. The molecule has 122 valence electrons. The van der Waals surface area contributed by atoms with E-state index in [9.17, 15) is 4.79 Å². The molecule has 0 N–H and O–H groups in total. The first kappa shape index (κ1) is 17.5. The van der Waals surface area contributed by atoms with Crippen molar-refractivity contribution in [3.05, 3.63) is 58.1 Å². The molecule has 0 saturated carbocycles. The molecular formula is C19H21BrO3. The van der Waals surface area contributed by atoms with Crippen LogP contribution in [0.5, 0.6) is 11.5 Å². The number of carbonyl (C=O) groups excluding carboxylic acids is 1. The molecule has 2 rings (SSSR count). The van der Waals surface area contributed by atoms with Gasteiger partial charge in [0.15, 0.2) is 6.61 Å². The highest BCUT2D eigenvalue weighted by atomic mass is 79.9. The third kappa shape index (κ3) is 5.10. The van der Waals surface area contributed by atoms with Crippen molar-refractivity contribution in [3.8, 4) is 11.5 Å². The Bertz CT molecular complexity index is 685. The molecule has 0 atom stereocenters. The largest absolute Gasteiger partial charge is 0.482 e. The molecule has 0 aromatic heterocycles. The quantitative estimate of drug-likeness (QED) is 0.553. The number of esters is 1. The number of halogens is 1. The van der Waals surface area contributed by atoms with Crippen LogP contribution in [-0.4, -0.2) is 12.6 Å². The van der Waals surface area contributed by atoms with E-state index >= 15 is 0 Å². The summed E-state index contributed by atoms with van der Waals surface area (Å²) >= 11 is 3.34. The summed E-state index contributed by atoms with van der Waals surface area (Å²) in [6.07, 6.45) is 0. The van der Waals surface area contributed by atoms with Crippen molar-refractivity contribution >= 4 is 21.9 Å². The minimum atomic E-state index is -0.423. The number of benzene rings is 2. The van der Waals surface area contributed by atoms with Crippen LogP contribution in [0.1, 0.15) is 31.9 Å². The molecule has 0 fully saturated rings. The normalized spacial score (nSPS) is 11.2. The van der Waals surface area contributed by atoms with Crippen molar-refractivity contribution in [3.63, 3.8) is 0 Å². The summed E-state index contributed by atoms with van der Waals surface area (Å²) in [6.45, 7) is 8.28. The second-order valence-electron chi connectivity index (χ2n) is 6.47. The standard InChI is InChI=1S/C19H21BrO3/c1-13-5-10-17(16(11-13)19(2,3)4)22-12-18(21)23-15-8-6-14(20)7-9-15/h5-11H,12H2,1-4H3. The molecule has 0 saturated heterocycles. The van der Waals surface area contributed by atoms with Gasteiger partial charge in [-0.3, -0.25) is 0 Å². The summed E-state index contributed by atoms with van der Waals surface area (Å²) in [5.74, 6) is 0.797. The zero-order valence-corrected chi connectivity index (χ0v) is 15.4. The number of rotatable bonds is 4. The summed E-state index contributed by atoms with van der Waals surface area (Å²) in [6, 6.07) is 13.1. The zero-order valence-electron chi connectivity index (χ0n) is 13.9. The molecule has 0 spiro atoms. The molecule has 0 aliphatic heterocycles. The van der Waals surface area contributed by atoms with Crippen LogP contribution in [0.3, 0.4) is 0 Å². The molecular weight excluding hydrogens is 356 g/mol. The Morgan fingerprint density at radius 2 is 1.74 bits per heavy atom. The minimum absolute atomic E-state index is 0.0586. The first-order valence-electron chi connectivity index (χ1n) is 7.46. The van der Waals surface area contributed by atoms with Gasteiger partial charge in [0.05, 0.1) is 0 Å². The Labute approximate surface area is 145 Å². The van der Waals surface area contributed by atoms with E-state index in [1.165, 1.54) is 5.56 Å². The van der Waals surface area contributed by atoms with Crippen molar-refractivity contribution in [1.82, 2.24) is 0 Å². The van der Waals surface area contributed by atoms with Gasteiger partial charge < -0.3 is 9.47 Å². The third-order valence-corrected chi connectivity index (χ3v) is 3.86. The summed E-state index contributed by atoms with van der Waals surface area (Å²) in [5, 5.41) is 0. The van der Waals surface area contributed by atoms with Crippen LogP contribution in [0.25, 0.3) is 0 Å². The van der Waals surface area contributed by atoms with E-state index < -0.39 is 5.97 Å². The fraction of sp³-hybridized carbons (Fsp3) is 0.316. The van der Waals surface area contributed by atoms with Crippen LogP contribution in [0, 0.1) is 6.92 Å². The van der Waals surface area contributed by atoms with Gasteiger partial charge in [-0.1, -0.05) is 54.4 Å². The molecule has 0 radical (unpaired) electrons. The lowest BCUT2D eigenvalue weighted by molar-refractivity contribution is -0.136. The maximum Gasteiger partial charge on any atom is 0.349 e. The van der Waals surface area contributed by atoms with Gasteiger partial charge >= 0.3 is 5.97 Å². The summed E-state index contributed by atoms with van der Waals surface area (Å²) in [5.41, 5.74) is 2.19. The number of aryl methyl sites for hydroxylation is 1. The average molecular weight is 377 g/mol. The molecule has 0 amide bonds. The fourth-order valence-corrected chi connectivity index (χ4v) is 2.42. The lowest BCUT2D eigenvalue weighted by atomic mass is 9.85. The maximum atomic E-state index is 11.9. The van der Waals surface area contributed by atoms with Gasteiger partial charge in [0.25, 0.3) is 0 Å². The molecule has 2 aromatic rings. The van der Waals surface area contributed by atoms with Crippen molar-refractivity contribution < 1.29 is 14.3 Å². The second-order valence-corrected chi connectivity index (χ2v) is 7.38. The number of carbonyl (C=O) groups is 1. The van der Waals surface area contributed by atoms with Gasteiger partial charge in [-0.2, -0.15) is 0 Å². The molecule has 0 heterocycles. The molecule has 0 bridgehead atoms. The lowest BCUT2D eigenvalue weighted by Crippen LogP contribution is -2.20. The van der Waals surface area contributed by atoms with E-state index in [1.807, 2.05) is 31.2 Å². The topological polar surface area (TPSA) is 35.5 Å². The highest BCUT2D eigenvalue weighted by Gasteiger charge is 2.20. The van der Waals surface area contributed by atoms with Gasteiger partial charge in [0, 0.05) is 4.47 Å². The van der Waals surface area contributed by atoms with Gasteiger partial charge in [-0.15, -0.1) is 0 Å². The first-order valence-corrected chi connectivity index (χ1v) is 8.25. The molecule has 0 aliphatic rings. The van der Waals surface area contributed by atoms with Crippen LogP contribution in [0.15, 0.2) is 46.9 Å². The zero-order chi connectivity index (χ0) is 17.0. The van der Waals surface area contributed by atoms with E-state index in [-0.39, 0.29) is 12.0 Å². The smallest absolute Gasteiger partial charge is 0.349 e. The second kappa shape index (κ2) is 7.18. The molecule has 3 nitrogen and oxygen atoms in total.